The van der Waals surface area contributed by atoms with E-state index in [0.29, 0.717) is 17.7 Å². The van der Waals surface area contributed by atoms with Crippen LogP contribution in [-0.4, -0.2) is 51.0 Å². The molecule has 2 rings (SSSR count). The highest BCUT2D eigenvalue weighted by Crippen LogP contribution is 2.20. The van der Waals surface area contributed by atoms with Crippen LogP contribution in [0.2, 0.25) is 0 Å². The van der Waals surface area contributed by atoms with Gasteiger partial charge >= 0.3 is 0 Å². The maximum absolute atomic E-state index is 13.3. The van der Waals surface area contributed by atoms with Crippen molar-refractivity contribution in [2.75, 3.05) is 24.2 Å². The number of anilines is 1. The van der Waals surface area contributed by atoms with Gasteiger partial charge in [0.2, 0.25) is 21.8 Å². The van der Waals surface area contributed by atoms with Gasteiger partial charge in [-0.2, -0.15) is 0 Å². The van der Waals surface area contributed by atoms with Crippen molar-refractivity contribution < 1.29 is 22.4 Å². The number of amides is 2. The molecular formula is C22H28FN3O4S. The van der Waals surface area contributed by atoms with E-state index >= 15 is 0 Å². The minimum Gasteiger partial charge on any atom is -0.357 e. The van der Waals surface area contributed by atoms with E-state index in [1.54, 1.807) is 31.2 Å². The molecule has 0 aliphatic heterocycles. The summed E-state index contributed by atoms with van der Waals surface area (Å²) < 4.78 is 39.2. The minimum atomic E-state index is -3.76. The monoisotopic (exact) mass is 449 g/mol. The zero-order chi connectivity index (χ0) is 23.2. The Kier molecular flexibility index (Phi) is 8.15. The summed E-state index contributed by atoms with van der Waals surface area (Å²) in [5, 5.41) is 2.54. The van der Waals surface area contributed by atoms with Gasteiger partial charge in [0.05, 0.1) is 11.9 Å². The lowest BCUT2D eigenvalue weighted by Crippen LogP contribution is -2.51. The van der Waals surface area contributed by atoms with E-state index in [9.17, 15) is 22.4 Å². The molecule has 0 bridgehead atoms. The van der Waals surface area contributed by atoms with Crippen LogP contribution in [0.5, 0.6) is 0 Å². The lowest BCUT2D eigenvalue weighted by Gasteiger charge is -2.32. The maximum atomic E-state index is 13.3. The van der Waals surface area contributed by atoms with E-state index in [-0.39, 0.29) is 12.5 Å². The first-order valence-corrected chi connectivity index (χ1v) is 11.7. The molecule has 7 nitrogen and oxygen atoms in total. The van der Waals surface area contributed by atoms with Crippen molar-refractivity contribution in [3.05, 3.63) is 65.5 Å². The summed E-state index contributed by atoms with van der Waals surface area (Å²) in [6, 6.07) is 11.6. The van der Waals surface area contributed by atoms with E-state index in [4.69, 9.17) is 0 Å². The van der Waals surface area contributed by atoms with Crippen molar-refractivity contribution >= 4 is 27.5 Å². The summed E-state index contributed by atoms with van der Waals surface area (Å²) in [6.07, 6.45) is 1.36. The predicted octanol–water partition coefficient (Wildman–Crippen LogP) is 2.45. The minimum absolute atomic E-state index is 0.0382. The first kappa shape index (κ1) is 24.3. The SMILES string of the molecule is CC[C@@H](C(=O)NC)N(Cc1ccc(F)cc1)C(=O)CN(c1ccc(C)cc1)S(C)(=O)=O. The zero-order valence-corrected chi connectivity index (χ0v) is 18.9. The molecule has 0 aliphatic carbocycles. The van der Waals surface area contributed by atoms with Gasteiger partial charge in [0.25, 0.3) is 0 Å². The summed E-state index contributed by atoms with van der Waals surface area (Å²) in [4.78, 5) is 27.1. The van der Waals surface area contributed by atoms with Crippen molar-refractivity contribution in [2.45, 2.75) is 32.9 Å². The molecule has 0 radical (unpaired) electrons. The number of halogens is 1. The van der Waals surface area contributed by atoms with Crippen molar-refractivity contribution in [3.8, 4) is 0 Å². The van der Waals surface area contributed by atoms with Gasteiger partial charge in [0.15, 0.2) is 0 Å². The number of aryl methyl sites for hydroxylation is 1. The number of sulfonamides is 1. The topological polar surface area (TPSA) is 86.8 Å². The van der Waals surface area contributed by atoms with Crippen molar-refractivity contribution in [2.24, 2.45) is 0 Å². The van der Waals surface area contributed by atoms with Crippen LogP contribution in [0, 0.1) is 12.7 Å². The summed E-state index contributed by atoms with van der Waals surface area (Å²) in [5.41, 5.74) is 1.93. The smallest absolute Gasteiger partial charge is 0.244 e. The largest absolute Gasteiger partial charge is 0.357 e. The molecule has 0 fully saturated rings. The van der Waals surface area contributed by atoms with Crippen LogP contribution in [0.1, 0.15) is 24.5 Å². The molecule has 0 saturated heterocycles. The van der Waals surface area contributed by atoms with Gasteiger partial charge in [0, 0.05) is 13.6 Å². The molecule has 0 unspecified atom stereocenters. The van der Waals surface area contributed by atoms with Crippen LogP contribution in [0.15, 0.2) is 48.5 Å². The molecule has 0 heterocycles. The molecular weight excluding hydrogens is 421 g/mol. The summed E-state index contributed by atoms with van der Waals surface area (Å²) in [7, 11) is -2.29. The first-order chi connectivity index (χ1) is 14.6. The lowest BCUT2D eigenvalue weighted by molar-refractivity contribution is -0.140. The number of likely N-dealkylation sites (N-methyl/N-ethyl adjacent to an activating group) is 1. The molecule has 0 saturated carbocycles. The van der Waals surface area contributed by atoms with Crippen LogP contribution in [0.3, 0.4) is 0 Å². The molecule has 0 spiro atoms. The fraction of sp³-hybridized carbons (Fsp3) is 0.364. The number of carbonyl (C=O) groups excluding carboxylic acids is 2. The van der Waals surface area contributed by atoms with Crippen molar-refractivity contribution in [1.29, 1.82) is 0 Å². The normalized spacial score (nSPS) is 12.2. The molecule has 1 atom stereocenters. The average molecular weight is 450 g/mol. The average Bonchev–Trinajstić information content (AvgIpc) is 2.72. The summed E-state index contributed by atoms with van der Waals surface area (Å²) in [5.74, 6) is -1.31. The Hall–Kier alpha value is -2.94. The second kappa shape index (κ2) is 10.4. The van der Waals surface area contributed by atoms with E-state index in [1.165, 1.54) is 36.2 Å². The predicted molar refractivity (Wildman–Crippen MR) is 118 cm³/mol. The Balaban J connectivity index is 2.40. The Morgan fingerprint density at radius 2 is 1.65 bits per heavy atom. The van der Waals surface area contributed by atoms with Crippen molar-refractivity contribution in [1.82, 2.24) is 10.2 Å². The highest BCUT2D eigenvalue weighted by molar-refractivity contribution is 7.92. The van der Waals surface area contributed by atoms with Gasteiger partial charge in [-0.1, -0.05) is 36.8 Å². The molecule has 1 N–H and O–H groups in total. The van der Waals surface area contributed by atoms with E-state index in [2.05, 4.69) is 5.32 Å². The lowest BCUT2D eigenvalue weighted by atomic mass is 10.1. The number of benzene rings is 2. The quantitative estimate of drug-likeness (QED) is 0.637. The van der Waals surface area contributed by atoms with E-state index < -0.39 is 34.3 Å². The molecule has 0 aromatic heterocycles. The van der Waals surface area contributed by atoms with Gasteiger partial charge in [0.1, 0.15) is 18.4 Å². The van der Waals surface area contributed by atoms with Gasteiger partial charge in [-0.25, -0.2) is 12.8 Å². The number of nitrogens with zero attached hydrogens (tertiary/aromatic N) is 2. The molecule has 31 heavy (non-hydrogen) atoms. The van der Waals surface area contributed by atoms with Crippen LogP contribution in [0.4, 0.5) is 10.1 Å². The van der Waals surface area contributed by atoms with Crippen LogP contribution in [-0.2, 0) is 26.2 Å². The second-order valence-corrected chi connectivity index (χ2v) is 9.20. The van der Waals surface area contributed by atoms with E-state index in [0.717, 1.165) is 16.1 Å². The third-order valence-electron chi connectivity index (χ3n) is 4.90. The van der Waals surface area contributed by atoms with Gasteiger partial charge in [-0.3, -0.25) is 13.9 Å². The highest BCUT2D eigenvalue weighted by atomic mass is 32.2. The molecule has 2 amide bonds. The third kappa shape index (κ3) is 6.52. The fourth-order valence-electron chi connectivity index (χ4n) is 3.20. The maximum Gasteiger partial charge on any atom is 0.244 e. The van der Waals surface area contributed by atoms with Crippen LogP contribution >= 0.6 is 0 Å². The van der Waals surface area contributed by atoms with Crippen LogP contribution < -0.4 is 9.62 Å². The Labute approximate surface area is 182 Å². The van der Waals surface area contributed by atoms with Crippen LogP contribution in [0.25, 0.3) is 0 Å². The molecule has 9 heteroatoms. The van der Waals surface area contributed by atoms with Gasteiger partial charge < -0.3 is 10.2 Å². The third-order valence-corrected chi connectivity index (χ3v) is 6.04. The van der Waals surface area contributed by atoms with Gasteiger partial charge in [-0.15, -0.1) is 0 Å². The number of carbonyl (C=O) groups is 2. The van der Waals surface area contributed by atoms with Gasteiger partial charge in [-0.05, 0) is 43.2 Å². The second-order valence-electron chi connectivity index (χ2n) is 7.29. The molecule has 2 aromatic carbocycles. The number of nitrogens with one attached hydrogen (secondary N) is 1. The summed E-state index contributed by atoms with van der Waals surface area (Å²) >= 11 is 0. The van der Waals surface area contributed by atoms with Crippen molar-refractivity contribution in [3.63, 3.8) is 0 Å². The fourth-order valence-corrected chi connectivity index (χ4v) is 4.05. The van der Waals surface area contributed by atoms with E-state index in [1.807, 2.05) is 6.92 Å². The number of hydrogen-bond donors (Lipinski definition) is 1. The Morgan fingerprint density at radius 1 is 1.06 bits per heavy atom. The molecule has 168 valence electrons. The highest BCUT2D eigenvalue weighted by Gasteiger charge is 2.31. The number of rotatable bonds is 9. The molecule has 0 aliphatic rings. The number of hydrogen-bond acceptors (Lipinski definition) is 4. The Bertz CT molecular complexity index is 1010. The zero-order valence-electron chi connectivity index (χ0n) is 18.1. The first-order valence-electron chi connectivity index (χ1n) is 9.86. The summed E-state index contributed by atoms with van der Waals surface area (Å²) in [6.45, 7) is 3.21. The standard InChI is InChI=1S/C22H28FN3O4S/c1-5-20(22(28)24-3)25(14-17-8-10-18(23)11-9-17)21(27)15-26(31(4,29)30)19-12-6-16(2)7-13-19/h6-13,20H,5,14-15H2,1-4H3,(H,24,28)/t20-/m0/s1. The Morgan fingerprint density at radius 3 is 2.13 bits per heavy atom. The molecule has 2 aromatic rings.